The first kappa shape index (κ1) is 13.8. The molecule has 1 fully saturated rings. The van der Waals surface area contributed by atoms with Gasteiger partial charge in [0.05, 0.1) is 4.92 Å². The zero-order valence-corrected chi connectivity index (χ0v) is 11.8. The Bertz CT molecular complexity index is 503. The zero-order valence-electron chi connectivity index (χ0n) is 10.2. The first-order chi connectivity index (χ1) is 9.08. The van der Waals surface area contributed by atoms with Crippen LogP contribution >= 0.6 is 15.9 Å². The SMILES string of the molecule is O=C(NCCNc1ccc([N+](=O)[O-])cc1Br)C1CC1. The van der Waals surface area contributed by atoms with Gasteiger partial charge in [0.1, 0.15) is 0 Å². The zero-order chi connectivity index (χ0) is 13.8. The number of nitro benzene ring substituents is 1. The van der Waals surface area contributed by atoms with Crippen molar-refractivity contribution in [3.63, 3.8) is 0 Å². The summed E-state index contributed by atoms with van der Waals surface area (Å²) in [6.45, 7) is 1.12. The molecule has 0 spiro atoms. The highest BCUT2D eigenvalue weighted by Crippen LogP contribution is 2.29. The Hall–Kier alpha value is -1.63. The quantitative estimate of drug-likeness (QED) is 0.477. The van der Waals surface area contributed by atoms with Crippen LogP contribution in [0.4, 0.5) is 11.4 Å². The van der Waals surface area contributed by atoms with E-state index in [0.717, 1.165) is 18.5 Å². The number of hydrogen-bond donors (Lipinski definition) is 2. The average molecular weight is 328 g/mol. The highest BCUT2D eigenvalue weighted by molar-refractivity contribution is 9.10. The van der Waals surface area contributed by atoms with Crippen molar-refractivity contribution in [2.45, 2.75) is 12.8 Å². The van der Waals surface area contributed by atoms with Crippen molar-refractivity contribution in [3.05, 3.63) is 32.8 Å². The van der Waals surface area contributed by atoms with Crippen LogP contribution in [0.1, 0.15) is 12.8 Å². The van der Waals surface area contributed by atoms with Gasteiger partial charge in [-0.2, -0.15) is 0 Å². The Balaban J connectivity index is 1.79. The number of non-ortho nitro benzene ring substituents is 1. The number of nitrogens with zero attached hydrogens (tertiary/aromatic N) is 1. The predicted octanol–water partition coefficient (Wildman–Crippen LogP) is 2.30. The second-order valence-electron chi connectivity index (χ2n) is 4.41. The van der Waals surface area contributed by atoms with Crippen LogP contribution < -0.4 is 10.6 Å². The fourth-order valence-corrected chi connectivity index (χ4v) is 2.14. The molecule has 2 N–H and O–H groups in total. The van der Waals surface area contributed by atoms with Crippen molar-refractivity contribution < 1.29 is 9.72 Å². The van der Waals surface area contributed by atoms with Gasteiger partial charge < -0.3 is 10.6 Å². The van der Waals surface area contributed by atoms with E-state index in [2.05, 4.69) is 26.6 Å². The summed E-state index contributed by atoms with van der Waals surface area (Å²) < 4.78 is 0.634. The van der Waals surface area contributed by atoms with Gasteiger partial charge in [0.15, 0.2) is 0 Å². The number of nitro groups is 1. The molecule has 0 unspecified atom stereocenters. The minimum atomic E-state index is -0.440. The summed E-state index contributed by atoms with van der Waals surface area (Å²) in [7, 11) is 0. The van der Waals surface area contributed by atoms with Gasteiger partial charge >= 0.3 is 0 Å². The third-order valence-electron chi connectivity index (χ3n) is 2.85. The third kappa shape index (κ3) is 3.92. The molecule has 0 bridgehead atoms. The Labute approximate surface area is 118 Å². The Morgan fingerprint density at radius 3 is 2.74 bits per heavy atom. The van der Waals surface area contributed by atoms with Gasteiger partial charge in [-0.1, -0.05) is 0 Å². The molecule has 19 heavy (non-hydrogen) atoms. The standard InChI is InChI=1S/C12H14BrN3O3/c13-10-7-9(16(18)19)3-4-11(10)14-5-6-15-12(17)8-1-2-8/h3-4,7-8,14H,1-2,5-6H2,(H,15,17). The first-order valence-electron chi connectivity index (χ1n) is 6.03. The number of carbonyl (C=O) groups excluding carboxylic acids is 1. The molecule has 0 aliphatic heterocycles. The van der Waals surface area contributed by atoms with E-state index in [1.54, 1.807) is 6.07 Å². The monoisotopic (exact) mass is 327 g/mol. The van der Waals surface area contributed by atoms with E-state index in [9.17, 15) is 14.9 Å². The van der Waals surface area contributed by atoms with Crippen molar-refractivity contribution in [2.75, 3.05) is 18.4 Å². The van der Waals surface area contributed by atoms with E-state index in [4.69, 9.17) is 0 Å². The number of nitrogens with one attached hydrogen (secondary N) is 2. The lowest BCUT2D eigenvalue weighted by Gasteiger charge is -2.09. The summed E-state index contributed by atoms with van der Waals surface area (Å²) >= 11 is 3.28. The third-order valence-corrected chi connectivity index (χ3v) is 3.51. The molecule has 0 aromatic heterocycles. The molecule has 6 nitrogen and oxygen atoms in total. The lowest BCUT2D eigenvalue weighted by molar-refractivity contribution is -0.384. The first-order valence-corrected chi connectivity index (χ1v) is 6.83. The number of hydrogen-bond acceptors (Lipinski definition) is 4. The van der Waals surface area contributed by atoms with Crippen molar-refractivity contribution >= 4 is 33.2 Å². The minimum absolute atomic E-state index is 0.0412. The molecular formula is C12H14BrN3O3. The molecule has 1 aliphatic rings. The second kappa shape index (κ2) is 6.01. The highest BCUT2D eigenvalue weighted by Gasteiger charge is 2.28. The Kier molecular flexibility index (Phi) is 4.36. The molecule has 1 amide bonds. The van der Waals surface area contributed by atoms with E-state index in [1.165, 1.54) is 12.1 Å². The minimum Gasteiger partial charge on any atom is -0.382 e. The van der Waals surface area contributed by atoms with Gasteiger partial charge in [-0.25, -0.2) is 0 Å². The summed E-state index contributed by atoms with van der Waals surface area (Å²) in [5, 5.41) is 16.5. The van der Waals surface area contributed by atoms with Crippen LogP contribution in [0.5, 0.6) is 0 Å². The number of rotatable bonds is 6. The molecule has 0 atom stereocenters. The van der Waals surface area contributed by atoms with E-state index >= 15 is 0 Å². The van der Waals surface area contributed by atoms with Gasteiger partial charge in [0.2, 0.25) is 5.91 Å². The molecular weight excluding hydrogens is 314 g/mol. The van der Waals surface area contributed by atoms with Crippen LogP contribution in [0.3, 0.4) is 0 Å². The molecule has 1 saturated carbocycles. The lowest BCUT2D eigenvalue weighted by atomic mass is 10.3. The molecule has 0 radical (unpaired) electrons. The summed E-state index contributed by atoms with van der Waals surface area (Å²) in [6.07, 6.45) is 1.99. The maximum Gasteiger partial charge on any atom is 0.270 e. The van der Waals surface area contributed by atoms with Crippen LogP contribution in [-0.2, 0) is 4.79 Å². The van der Waals surface area contributed by atoms with E-state index in [-0.39, 0.29) is 17.5 Å². The number of amides is 1. The smallest absolute Gasteiger partial charge is 0.270 e. The molecule has 2 rings (SSSR count). The van der Waals surface area contributed by atoms with Gasteiger partial charge in [-0.05, 0) is 34.8 Å². The molecule has 0 saturated heterocycles. The van der Waals surface area contributed by atoms with Crippen LogP contribution in [0.2, 0.25) is 0 Å². The van der Waals surface area contributed by atoms with Gasteiger partial charge in [-0.15, -0.1) is 0 Å². The van der Waals surface area contributed by atoms with Crippen LogP contribution in [0.15, 0.2) is 22.7 Å². The number of benzene rings is 1. The van der Waals surface area contributed by atoms with Crippen molar-refractivity contribution in [1.82, 2.24) is 5.32 Å². The van der Waals surface area contributed by atoms with Crippen LogP contribution in [0.25, 0.3) is 0 Å². The largest absolute Gasteiger partial charge is 0.382 e. The van der Waals surface area contributed by atoms with Crippen LogP contribution in [-0.4, -0.2) is 23.9 Å². The Morgan fingerprint density at radius 1 is 1.42 bits per heavy atom. The number of carbonyl (C=O) groups is 1. The molecule has 1 aliphatic carbocycles. The maximum atomic E-state index is 11.4. The molecule has 7 heteroatoms. The number of halogens is 1. The maximum absolute atomic E-state index is 11.4. The Morgan fingerprint density at radius 2 is 2.16 bits per heavy atom. The fourth-order valence-electron chi connectivity index (χ4n) is 1.63. The molecule has 102 valence electrons. The van der Waals surface area contributed by atoms with E-state index in [0.29, 0.717) is 17.6 Å². The second-order valence-corrected chi connectivity index (χ2v) is 5.27. The molecule has 0 heterocycles. The van der Waals surface area contributed by atoms with Crippen molar-refractivity contribution in [2.24, 2.45) is 5.92 Å². The fraction of sp³-hybridized carbons (Fsp3) is 0.417. The van der Waals surface area contributed by atoms with Gasteiger partial charge in [0.25, 0.3) is 5.69 Å². The highest BCUT2D eigenvalue weighted by atomic mass is 79.9. The van der Waals surface area contributed by atoms with Crippen LogP contribution in [0, 0.1) is 16.0 Å². The molecule has 1 aromatic carbocycles. The van der Waals surface area contributed by atoms with Gasteiger partial charge in [-0.3, -0.25) is 14.9 Å². The summed E-state index contributed by atoms with van der Waals surface area (Å²) in [5.41, 5.74) is 0.811. The normalized spacial score (nSPS) is 13.9. The average Bonchev–Trinajstić information content (AvgIpc) is 3.19. The topological polar surface area (TPSA) is 84.3 Å². The number of anilines is 1. The van der Waals surface area contributed by atoms with Gasteiger partial charge in [0, 0.05) is 41.3 Å². The summed E-state index contributed by atoms with van der Waals surface area (Å²) in [5.74, 6) is 0.329. The van der Waals surface area contributed by atoms with Crippen molar-refractivity contribution in [3.8, 4) is 0 Å². The van der Waals surface area contributed by atoms with E-state index in [1.807, 2.05) is 0 Å². The summed E-state index contributed by atoms with van der Waals surface area (Å²) in [6, 6.07) is 4.53. The van der Waals surface area contributed by atoms with Crippen molar-refractivity contribution in [1.29, 1.82) is 0 Å². The summed E-state index contributed by atoms with van der Waals surface area (Å²) in [4.78, 5) is 21.5. The van der Waals surface area contributed by atoms with E-state index < -0.39 is 4.92 Å². The molecule has 1 aromatic rings. The predicted molar refractivity (Wildman–Crippen MR) is 75.0 cm³/mol. The lowest BCUT2D eigenvalue weighted by Crippen LogP contribution is -2.29.